The molecule has 0 aliphatic heterocycles. The van der Waals surface area contributed by atoms with Crippen molar-refractivity contribution in [1.82, 2.24) is 41.3 Å². The van der Waals surface area contributed by atoms with E-state index in [0.717, 1.165) is 125 Å². The van der Waals surface area contributed by atoms with E-state index < -0.39 is 0 Å². The second-order valence-electron chi connectivity index (χ2n) is 22.4. The van der Waals surface area contributed by atoms with Gasteiger partial charge in [-0.25, -0.2) is 4.68 Å². The normalized spacial score (nSPS) is 12.7. The summed E-state index contributed by atoms with van der Waals surface area (Å²) in [5, 5.41) is 34.1. The number of amides is 6. The number of anilines is 1. The van der Waals surface area contributed by atoms with Gasteiger partial charge in [0.25, 0.3) is 11.8 Å². The molecule has 6 aromatic rings. The highest BCUT2D eigenvalue weighted by atomic mass is 35.5. The average Bonchev–Trinajstić information content (AvgIpc) is 2.04. The molecule has 5 aromatic carbocycles. The summed E-state index contributed by atoms with van der Waals surface area (Å²) in [7, 11) is 0. The predicted molar refractivity (Wildman–Crippen MR) is 347 cm³/mol. The van der Waals surface area contributed by atoms with Gasteiger partial charge >= 0.3 is 0 Å². The van der Waals surface area contributed by atoms with Crippen LogP contribution in [0.4, 0.5) is 5.69 Å². The lowest BCUT2D eigenvalue weighted by atomic mass is 9.86. The predicted octanol–water partition coefficient (Wildman–Crippen LogP) is 12.4. The lowest BCUT2D eigenvalue weighted by Crippen LogP contribution is -2.41. The van der Waals surface area contributed by atoms with Crippen LogP contribution in [0.2, 0.25) is 15.1 Å². The second-order valence-corrected chi connectivity index (χ2v) is 23.7. The molecule has 1 aliphatic rings. The molecule has 1 aromatic heterocycles. The summed E-state index contributed by atoms with van der Waals surface area (Å²) < 4.78 is 1.67. The molecule has 0 saturated heterocycles. The van der Waals surface area contributed by atoms with E-state index in [4.69, 9.17) is 34.8 Å². The van der Waals surface area contributed by atoms with Crippen molar-refractivity contribution in [3.63, 3.8) is 0 Å². The van der Waals surface area contributed by atoms with Gasteiger partial charge in [-0.3, -0.25) is 33.7 Å². The SMILES string of the molecule is CCCN(CCc1ccc(NC(=O)CCC(=O)NCCCCCC(=O)NCc2ccc(C(=O)NCCCCCC(=O)NCCCCCCNC(=O)c3nn(-c4ccc(Cl)cc4Cl)c(-c4ccc(Cl)cc4)c3C)cc2)cc1)C1CCc2c(O)cccc2C1. The van der Waals surface area contributed by atoms with Gasteiger partial charge in [-0.15, -0.1) is 0 Å². The van der Waals surface area contributed by atoms with Gasteiger partial charge in [-0.1, -0.05) is 116 Å². The Morgan fingerprint density at radius 1 is 0.609 bits per heavy atom. The highest BCUT2D eigenvalue weighted by Crippen LogP contribution is 2.34. The fraction of sp³-hybridized carbons (Fsp3) is 0.426. The number of hydrogen-bond acceptors (Lipinski definition) is 9. The molecule has 1 atom stereocenters. The number of phenols is 1. The first-order valence-corrected chi connectivity index (χ1v) is 32.0. The Morgan fingerprint density at radius 2 is 1.20 bits per heavy atom. The van der Waals surface area contributed by atoms with Gasteiger partial charge < -0.3 is 37.0 Å². The van der Waals surface area contributed by atoms with E-state index in [-0.39, 0.29) is 48.3 Å². The summed E-state index contributed by atoms with van der Waals surface area (Å²) in [5.41, 5.74) is 8.81. The number of benzene rings is 5. The molecule has 7 N–H and O–H groups in total. The molecule has 0 spiro atoms. The number of unbranched alkanes of at least 4 members (excludes halogenated alkanes) is 7. The number of aromatic nitrogens is 2. The van der Waals surface area contributed by atoms with Gasteiger partial charge in [0, 0.05) is 103 Å². The summed E-state index contributed by atoms with van der Waals surface area (Å²) in [5.74, 6) is -0.501. The monoisotopic (exact) mass is 1240 g/mol. The number of aromatic hydroxyl groups is 1. The van der Waals surface area contributed by atoms with Crippen LogP contribution in [0.25, 0.3) is 16.9 Å². The number of phenolic OH excluding ortho intramolecular Hbond substituents is 1. The molecular formula is C68H84Cl3N9O7. The quantitative estimate of drug-likeness (QED) is 0.0188. The minimum absolute atomic E-state index is 0.00984. The summed E-state index contributed by atoms with van der Waals surface area (Å²) in [6.45, 7) is 8.43. The van der Waals surface area contributed by atoms with Crippen LogP contribution in [0.1, 0.15) is 158 Å². The van der Waals surface area contributed by atoms with Crippen LogP contribution in [0, 0.1) is 6.92 Å². The molecule has 0 bridgehead atoms. The number of nitrogens with one attached hydrogen (secondary N) is 6. The number of nitrogens with zero attached hydrogens (tertiary/aromatic N) is 3. The molecule has 1 aliphatic carbocycles. The van der Waals surface area contributed by atoms with Gasteiger partial charge in [-0.2, -0.15) is 5.10 Å². The molecule has 6 amide bonds. The van der Waals surface area contributed by atoms with Crippen LogP contribution >= 0.6 is 34.8 Å². The molecule has 1 heterocycles. The van der Waals surface area contributed by atoms with Crippen molar-refractivity contribution in [2.75, 3.05) is 44.6 Å². The lowest BCUT2D eigenvalue weighted by molar-refractivity contribution is -0.124. The Balaban J connectivity index is 0.648. The molecule has 464 valence electrons. The van der Waals surface area contributed by atoms with Crippen LogP contribution in [-0.2, 0) is 45.0 Å². The smallest absolute Gasteiger partial charge is 0.272 e. The number of hydrogen-bond donors (Lipinski definition) is 7. The minimum atomic E-state index is -0.279. The Morgan fingerprint density at radius 3 is 1.85 bits per heavy atom. The zero-order valence-corrected chi connectivity index (χ0v) is 52.5. The standard InChI is InChI=1S/C68H84Cl3N9O7/c1-3-42-79(56-32-33-57-52(44-56)15-14-16-60(57)81)43-37-48-21-30-55(31-22-48)77-64(85)36-35-63(84)73-39-12-6-9-18-62(83)76-46-49-19-23-51(24-20-49)67(86)74-40-13-7-8-17-61(82)72-38-10-4-5-11-41-75-68(87)65-47(2)66(50-25-27-53(69)28-26-50)80(78-65)59-34-29-54(70)45-58(59)71/h14-16,19-31,34,45,56,81H,3-13,17-18,32-33,35-44,46H2,1-2H3,(H,72,82)(H,73,84)(H,74,86)(H,75,87)(H,76,83)(H,77,85). The molecule has 19 heteroatoms. The maximum absolute atomic E-state index is 13.4. The highest BCUT2D eigenvalue weighted by molar-refractivity contribution is 6.35. The summed E-state index contributed by atoms with van der Waals surface area (Å²) >= 11 is 18.9. The largest absolute Gasteiger partial charge is 0.508 e. The third-order valence-corrected chi connectivity index (χ3v) is 16.5. The number of carbonyl (C=O) groups excluding carboxylic acids is 6. The van der Waals surface area contributed by atoms with Crippen molar-refractivity contribution < 1.29 is 33.9 Å². The van der Waals surface area contributed by atoms with Crippen LogP contribution in [0.5, 0.6) is 5.75 Å². The van der Waals surface area contributed by atoms with E-state index in [1.807, 2.05) is 61.5 Å². The maximum Gasteiger partial charge on any atom is 0.272 e. The van der Waals surface area contributed by atoms with Crippen molar-refractivity contribution in [1.29, 1.82) is 0 Å². The van der Waals surface area contributed by atoms with E-state index in [0.29, 0.717) is 107 Å². The summed E-state index contributed by atoms with van der Waals surface area (Å²) in [4.78, 5) is 78.8. The lowest BCUT2D eigenvalue weighted by Gasteiger charge is -2.35. The number of fused-ring (bicyclic) bond motifs is 1. The Bertz CT molecular complexity index is 3230. The van der Waals surface area contributed by atoms with E-state index in [2.05, 4.69) is 54.9 Å². The Labute approximate surface area is 527 Å². The van der Waals surface area contributed by atoms with Crippen LogP contribution in [-0.4, -0.2) is 101 Å². The van der Waals surface area contributed by atoms with Gasteiger partial charge in [0.1, 0.15) is 5.75 Å². The van der Waals surface area contributed by atoms with E-state index >= 15 is 0 Å². The van der Waals surface area contributed by atoms with Gasteiger partial charge in [0.15, 0.2) is 5.69 Å². The first-order chi connectivity index (χ1) is 42.1. The Hall–Kier alpha value is -7.24. The third kappa shape index (κ3) is 21.8. The summed E-state index contributed by atoms with van der Waals surface area (Å²) in [6, 6.07) is 33.8. The highest BCUT2D eigenvalue weighted by Gasteiger charge is 2.26. The van der Waals surface area contributed by atoms with Crippen molar-refractivity contribution in [2.45, 2.75) is 148 Å². The first-order valence-electron chi connectivity index (χ1n) is 30.8. The zero-order chi connectivity index (χ0) is 61.9. The van der Waals surface area contributed by atoms with E-state index in [1.165, 1.54) is 11.1 Å². The fourth-order valence-corrected chi connectivity index (χ4v) is 11.5. The van der Waals surface area contributed by atoms with Crippen molar-refractivity contribution >= 4 is 75.9 Å². The zero-order valence-electron chi connectivity index (χ0n) is 50.2. The van der Waals surface area contributed by atoms with Crippen molar-refractivity contribution in [3.8, 4) is 22.7 Å². The first kappa shape index (κ1) is 67.3. The van der Waals surface area contributed by atoms with Crippen LogP contribution < -0.4 is 31.9 Å². The van der Waals surface area contributed by atoms with E-state index in [1.54, 1.807) is 53.2 Å². The van der Waals surface area contributed by atoms with Crippen molar-refractivity contribution in [3.05, 3.63) is 163 Å². The van der Waals surface area contributed by atoms with Crippen molar-refractivity contribution in [2.24, 2.45) is 0 Å². The molecule has 16 nitrogen and oxygen atoms in total. The fourth-order valence-electron chi connectivity index (χ4n) is 10.9. The molecule has 0 radical (unpaired) electrons. The molecule has 0 saturated carbocycles. The Kier molecular flexibility index (Phi) is 27.5. The molecular weight excluding hydrogens is 1160 g/mol. The molecule has 7 rings (SSSR count). The topological polar surface area (TPSA) is 216 Å². The summed E-state index contributed by atoms with van der Waals surface area (Å²) in [6.07, 6.45) is 13.7. The van der Waals surface area contributed by atoms with Gasteiger partial charge in [-0.05, 0) is 167 Å². The van der Waals surface area contributed by atoms with Gasteiger partial charge in [0.2, 0.25) is 23.6 Å². The van der Waals surface area contributed by atoms with E-state index in [9.17, 15) is 33.9 Å². The number of halogens is 3. The number of carbonyl (C=O) groups is 6. The molecule has 87 heavy (non-hydrogen) atoms. The second kappa shape index (κ2) is 35.5. The third-order valence-electron chi connectivity index (χ3n) is 15.7. The maximum atomic E-state index is 13.4. The van der Waals surface area contributed by atoms with Crippen LogP contribution in [0.15, 0.2) is 109 Å². The van der Waals surface area contributed by atoms with Gasteiger partial charge in [0.05, 0.1) is 16.4 Å². The van der Waals surface area contributed by atoms with Crippen LogP contribution in [0.3, 0.4) is 0 Å². The molecule has 0 fully saturated rings. The molecule has 1 unspecified atom stereocenters. The average molecular weight is 1250 g/mol. The minimum Gasteiger partial charge on any atom is -0.508 e. The number of rotatable bonds is 35.